The number of anilines is 1. The number of hydrogen-bond acceptors (Lipinski definition) is 3. The smallest absolute Gasteiger partial charge is 0.208 e. The minimum absolute atomic E-state index is 0.316. The van der Waals surface area contributed by atoms with Gasteiger partial charge in [-0.25, -0.2) is 0 Å². The molecule has 0 N–H and O–H groups in total. The summed E-state index contributed by atoms with van der Waals surface area (Å²) in [6.45, 7) is 1.58. The molecular weight excluding hydrogens is 248 g/mol. The van der Waals surface area contributed by atoms with E-state index in [1.807, 2.05) is 6.07 Å². The van der Waals surface area contributed by atoms with Gasteiger partial charge in [0.25, 0.3) is 0 Å². The van der Waals surface area contributed by atoms with Gasteiger partial charge in [-0.05, 0) is 17.7 Å². The summed E-state index contributed by atoms with van der Waals surface area (Å²) >= 11 is 0. The number of ether oxygens (including phenoxy) is 1. The van der Waals surface area contributed by atoms with E-state index in [4.69, 9.17) is 4.74 Å². The van der Waals surface area contributed by atoms with E-state index in [1.54, 1.807) is 0 Å². The molecule has 2 heterocycles. The highest BCUT2D eigenvalue weighted by atomic mass is 16.5. The van der Waals surface area contributed by atoms with Gasteiger partial charge in [-0.15, -0.1) is 0 Å². The van der Waals surface area contributed by atoms with E-state index < -0.39 is 0 Å². The zero-order valence-electron chi connectivity index (χ0n) is 11.1. The molecular formula is C17H16N2O. The second-order valence-electron chi connectivity index (χ2n) is 5.12. The van der Waals surface area contributed by atoms with Crippen LogP contribution in [0.25, 0.3) is 0 Å². The van der Waals surface area contributed by atoms with E-state index in [-0.39, 0.29) is 0 Å². The summed E-state index contributed by atoms with van der Waals surface area (Å²) in [5.74, 6) is 0.975. The molecule has 1 fully saturated rings. The minimum atomic E-state index is 0.316. The van der Waals surface area contributed by atoms with E-state index in [2.05, 4.69) is 70.6 Å². The molecule has 3 nitrogen and oxygen atoms in total. The van der Waals surface area contributed by atoms with E-state index >= 15 is 0 Å². The Kier molecular flexibility index (Phi) is 2.62. The van der Waals surface area contributed by atoms with Gasteiger partial charge >= 0.3 is 0 Å². The first-order valence-electron chi connectivity index (χ1n) is 6.90. The minimum Gasteiger partial charge on any atom is -0.475 e. The Morgan fingerprint density at radius 2 is 1.60 bits per heavy atom. The van der Waals surface area contributed by atoms with Crippen molar-refractivity contribution in [1.82, 2.24) is 4.90 Å². The van der Waals surface area contributed by atoms with Crippen LogP contribution >= 0.6 is 0 Å². The molecule has 4 rings (SSSR count). The Bertz CT molecular complexity index is 624. The number of hydrogen-bond donors (Lipinski definition) is 0. The first-order valence-corrected chi connectivity index (χ1v) is 6.90. The first kappa shape index (κ1) is 11.4. The Morgan fingerprint density at radius 3 is 2.35 bits per heavy atom. The van der Waals surface area contributed by atoms with Crippen molar-refractivity contribution in [3.63, 3.8) is 0 Å². The maximum atomic E-state index is 5.84. The quantitative estimate of drug-likeness (QED) is 0.827. The monoisotopic (exact) mass is 264 g/mol. The van der Waals surface area contributed by atoms with Crippen molar-refractivity contribution in [2.45, 2.75) is 6.04 Å². The lowest BCUT2D eigenvalue weighted by Gasteiger charge is -2.24. The molecule has 0 aromatic heterocycles. The Labute approximate surface area is 118 Å². The molecule has 3 heteroatoms. The highest BCUT2D eigenvalue weighted by Gasteiger charge is 2.36. The lowest BCUT2D eigenvalue weighted by molar-refractivity contribution is 0.245. The molecule has 1 saturated heterocycles. The highest BCUT2D eigenvalue weighted by molar-refractivity contribution is 5.51. The third-order valence-electron chi connectivity index (χ3n) is 3.89. The van der Waals surface area contributed by atoms with Crippen LogP contribution in [0.4, 0.5) is 5.69 Å². The van der Waals surface area contributed by atoms with Crippen molar-refractivity contribution >= 4 is 5.69 Å². The van der Waals surface area contributed by atoms with Crippen LogP contribution in [0.3, 0.4) is 0 Å². The third-order valence-corrected chi connectivity index (χ3v) is 3.89. The fourth-order valence-electron chi connectivity index (χ4n) is 2.84. The summed E-state index contributed by atoms with van der Waals surface area (Å²) < 4.78 is 5.84. The maximum absolute atomic E-state index is 5.84. The van der Waals surface area contributed by atoms with E-state index in [0.717, 1.165) is 19.2 Å². The molecule has 20 heavy (non-hydrogen) atoms. The van der Waals surface area contributed by atoms with Crippen LogP contribution < -0.4 is 4.90 Å². The van der Waals surface area contributed by atoms with Crippen LogP contribution in [0.2, 0.25) is 0 Å². The van der Waals surface area contributed by atoms with Crippen LogP contribution in [0.15, 0.2) is 72.7 Å². The van der Waals surface area contributed by atoms with Crippen molar-refractivity contribution in [2.75, 3.05) is 18.2 Å². The molecule has 100 valence electrons. The molecule has 0 radical (unpaired) electrons. The number of benzene rings is 2. The average molecular weight is 264 g/mol. The number of para-hydroxylation sites is 1. The van der Waals surface area contributed by atoms with Gasteiger partial charge in [0.2, 0.25) is 5.88 Å². The van der Waals surface area contributed by atoms with E-state index in [9.17, 15) is 0 Å². The highest BCUT2D eigenvalue weighted by Crippen LogP contribution is 2.37. The Balaban J connectivity index is 1.60. The summed E-state index contributed by atoms with van der Waals surface area (Å²) in [4.78, 5) is 4.55. The van der Waals surface area contributed by atoms with Crippen molar-refractivity contribution < 1.29 is 4.74 Å². The number of nitrogens with zero attached hydrogens (tertiary/aromatic N) is 2. The second kappa shape index (κ2) is 4.60. The molecule has 0 saturated carbocycles. The summed E-state index contributed by atoms with van der Waals surface area (Å²) in [6, 6.07) is 21.3. The number of rotatable bonds is 2. The molecule has 2 aliphatic heterocycles. The molecule has 0 aliphatic carbocycles. The van der Waals surface area contributed by atoms with Gasteiger partial charge in [0.15, 0.2) is 0 Å². The molecule has 2 aromatic rings. The van der Waals surface area contributed by atoms with Crippen molar-refractivity contribution in [3.05, 3.63) is 78.3 Å². The molecule has 0 bridgehead atoms. The lowest BCUT2D eigenvalue weighted by Crippen LogP contribution is -2.28. The summed E-state index contributed by atoms with van der Waals surface area (Å²) in [5, 5.41) is 0. The molecule has 0 amide bonds. The second-order valence-corrected chi connectivity index (χ2v) is 5.12. The summed E-state index contributed by atoms with van der Waals surface area (Å²) in [6.07, 6.45) is 2.10. The lowest BCUT2D eigenvalue weighted by atomic mass is 10.1. The molecule has 0 spiro atoms. The Hall–Kier alpha value is -2.42. The topological polar surface area (TPSA) is 15.7 Å². The van der Waals surface area contributed by atoms with E-state index in [0.29, 0.717) is 6.04 Å². The Morgan fingerprint density at radius 1 is 0.900 bits per heavy atom. The number of fused-ring (bicyclic) bond motifs is 1. The van der Waals surface area contributed by atoms with Crippen molar-refractivity contribution in [3.8, 4) is 0 Å². The van der Waals surface area contributed by atoms with Gasteiger partial charge in [-0.3, -0.25) is 0 Å². The standard InChI is InChI=1S/C17H16N2O/c1-3-7-14(8-4-1)16-12-20-17-11-18(13-19(16)17)15-9-5-2-6-10-15/h1-11,16H,12-13H2/t16-/m1/s1. The molecule has 0 unspecified atom stereocenters. The molecule has 1 atom stereocenters. The van der Waals surface area contributed by atoms with Gasteiger partial charge in [-0.1, -0.05) is 48.5 Å². The van der Waals surface area contributed by atoms with Crippen molar-refractivity contribution in [2.24, 2.45) is 0 Å². The zero-order chi connectivity index (χ0) is 13.4. The van der Waals surface area contributed by atoms with Gasteiger partial charge in [0.05, 0.1) is 18.9 Å². The summed E-state index contributed by atoms with van der Waals surface area (Å²) in [5.41, 5.74) is 2.51. The summed E-state index contributed by atoms with van der Waals surface area (Å²) in [7, 11) is 0. The fourth-order valence-corrected chi connectivity index (χ4v) is 2.84. The van der Waals surface area contributed by atoms with Gasteiger partial charge in [0.1, 0.15) is 6.61 Å². The average Bonchev–Trinajstić information content (AvgIpc) is 3.09. The SMILES string of the molecule is C1=C2OC[C@H](c3ccccc3)N2CN1c1ccccc1. The third kappa shape index (κ3) is 1.83. The molecule has 2 aliphatic rings. The predicted molar refractivity (Wildman–Crippen MR) is 78.8 cm³/mol. The largest absolute Gasteiger partial charge is 0.475 e. The fraction of sp³-hybridized carbons (Fsp3) is 0.176. The van der Waals surface area contributed by atoms with Crippen LogP contribution in [0, 0.1) is 0 Å². The van der Waals surface area contributed by atoms with Gasteiger partial charge in [-0.2, -0.15) is 0 Å². The van der Waals surface area contributed by atoms with Gasteiger partial charge in [0, 0.05) is 5.69 Å². The first-order chi connectivity index (χ1) is 9.92. The molecule has 2 aromatic carbocycles. The maximum Gasteiger partial charge on any atom is 0.208 e. The van der Waals surface area contributed by atoms with Crippen molar-refractivity contribution in [1.29, 1.82) is 0 Å². The van der Waals surface area contributed by atoms with Gasteiger partial charge < -0.3 is 14.5 Å². The van der Waals surface area contributed by atoms with Crippen LogP contribution in [0.1, 0.15) is 11.6 Å². The zero-order valence-corrected chi connectivity index (χ0v) is 11.1. The predicted octanol–water partition coefficient (Wildman–Crippen LogP) is 3.34. The van der Waals surface area contributed by atoms with Crippen LogP contribution in [-0.4, -0.2) is 18.2 Å². The van der Waals surface area contributed by atoms with Crippen LogP contribution in [0.5, 0.6) is 0 Å². The normalized spacial score (nSPS) is 20.6. The van der Waals surface area contributed by atoms with Crippen LogP contribution in [-0.2, 0) is 4.74 Å². The van der Waals surface area contributed by atoms with E-state index in [1.165, 1.54) is 11.3 Å².